The Morgan fingerprint density at radius 2 is 2.12 bits per heavy atom. The van der Waals surface area contributed by atoms with Crippen LogP contribution in [0.4, 0.5) is 0 Å². The van der Waals surface area contributed by atoms with Crippen molar-refractivity contribution in [2.75, 3.05) is 0 Å². The van der Waals surface area contributed by atoms with Gasteiger partial charge in [0.15, 0.2) is 0 Å². The van der Waals surface area contributed by atoms with Crippen LogP contribution in [-0.4, -0.2) is 9.97 Å². The van der Waals surface area contributed by atoms with Gasteiger partial charge in [0.2, 0.25) is 0 Å². The number of aryl methyl sites for hydroxylation is 2. The standard InChI is InChI=1S/C13H11N3S/c1-9-7-10(2)16-13(11(9)8-14)17-12-5-3-4-6-15-12/h3-7H,1-2H3. The molecule has 0 aliphatic carbocycles. The van der Waals surface area contributed by atoms with E-state index in [-0.39, 0.29) is 0 Å². The van der Waals surface area contributed by atoms with E-state index in [1.807, 2.05) is 38.1 Å². The first-order chi connectivity index (χ1) is 8.20. The van der Waals surface area contributed by atoms with E-state index in [2.05, 4.69) is 16.0 Å². The van der Waals surface area contributed by atoms with Gasteiger partial charge in [-0.3, -0.25) is 0 Å². The van der Waals surface area contributed by atoms with Gasteiger partial charge in [0.1, 0.15) is 16.1 Å². The molecule has 0 saturated heterocycles. The highest BCUT2D eigenvalue weighted by atomic mass is 32.2. The van der Waals surface area contributed by atoms with E-state index >= 15 is 0 Å². The predicted molar refractivity (Wildman–Crippen MR) is 66.8 cm³/mol. The largest absolute Gasteiger partial charge is 0.250 e. The lowest BCUT2D eigenvalue weighted by Gasteiger charge is -2.06. The summed E-state index contributed by atoms with van der Waals surface area (Å²) in [5.74, 6) is 0. The Kier molecular flexibility index (Phi) is 3.40. The fourth-order valence-corrected chi connectivity index (χ4v) is 2.48. The Morgan fingerprint density at radius 3 is 2.76 bits per heavy atom. The summed E-state index contributed by atoms with van der Waals surface area (Å²) in [7, 11) is 0. The minimum Gasteiger partial charge on any atom is -0.250 e. The third-order valence-corrected chi connectivity index (χ3v) is 3.20. The van der Waals surface area contributed by atoms with Crippen molar-refractivity contribution in [3.63, 3.8) is 0 Å². The van der Waals surface area contributed by atoms with Gasteiger partial charge in [-0.1, -0.05) is 6.07 Å². The molecular weight excluding hydrogens is 230 g/mol. The molecule has 0 atom stereocenters. The molecule has 3 nitrogen and oxygen atoms in total. The first-order valence-electron chi connectivity index (χ1n) is 5.18. The van der Waals surface area contributed by atoms with Crippen molar-refractivity contribution in [3.8, 4) is 6.07 Å². The van der Waals surface area contributed by atoms with Gasteiger partial charge in [0.05, 0.1) is 5.56 Å². The highest BCUT2D eigenvalue weighted by Gasteiger charge is 2.10. The highest BCUT2D eigenvalue weighted by molar-refractivity contribution is 7.99. The average molecular weight is 241 g/mol. The minimum absolute atomic E-state index is 0.631. The number of hydrogen-bond acceptors (Lipinski definition) is 4. The van der Waals surface area contributed by atoms with Crippen LogP contribution in [0.5, 0.6) is 0 Å². The smallest absolute Gasteiger partial charge is 0.121 e. The van der Waals surface area contributed by atoms with Gasteiger partial charge < -0.3 is 0 Å². The molecule has 2 rings (SSSR count). The van der Waals surface area contributed by atoms with Crippen molar-refractivity contribution in [3.05, 3.63) is 47.3 Å². The molecule has 0 fully saturated rings. The molecule has 0 saturated carbocycles. The second-order valence-electron chi connectivity index (χ2n) is 3.64. The Balaban J connectivity index is 2.43. The van der Waals surface area contributed by atoms with Crippen molar-refractivity contribution in [2.24, 2.45) is 0 Å². The van der Waals surface area contributed by atoms with E-state index in [0.29, 0.717) is 5.56 Å². The Labute approximate surface area is 105 Å². The van der Waals surface area contributed by atoms with Gasteiger partial charge in [0, 0.05) is 11.9 Å². The van der Waals surface area contributed by atoms with E-state index < -0.39 is 0 Å². The van der Waals surface area contributed by atoms with Crippen molar-refractivity contribution in [1.29, 1.82) is 5.26 Å². The molecule has 17 heavy (non-hydrogen) atoms. The second-order valence-corrected chi connectivity index (χ2v) is 4.65. The van der Waals surface area contributed by atoms with Crippen molar-refractivity contribution < 1.29 is 0 Å². The first-order valence-corrected chi connectivity index (χ1v) is 5.99. The van der Waals surface area contributed by atoms with Crippen LogP contribution in [0.3, 0.4) is 0 Å². The monoisotopic (exact) mass is 241 g/mol. The molecule has 0 aliphatic rings. The lowest BCUT2D eigenvalue weighted by atomic mass is 10.1. The van der Waals surface area contributed by atoms with Crippen LogP contribution in [0.1, 0.15) is 16.8 Å². The van der Waals surface area contributed by atoms with E-state index in [9.17, 15) is 0 Å². The second kappa shape index (κ2) is 4.98. The average Bonchev–Trinajstić information content (AvgIpc) is 2.30. The summed E-state index contributed by atoms with van der Waals surface area (Å²) in [5, 5.41) is 10.7. The fraction of sp³-hybridized carbons (Fsp3) is 0.154. The van der Waals surface area contributed by atoms with Crippen molar-refractivity contribution in [2.45, 2.75) is 23.9 Å². The Morgan fingerprint density at radius 1 is 1.29 bits per heavy atom. The number of nitrogens with zero attached hydrogens (tertiary/aromatic N) is 3. The molecule has 0 amide bonds. The van der Waals surface area contributed by atoms with Crippen LogP contribution in [0.15, 0.2) is 40.5 Å². The van der Waals surface area contributed by atoms with E-state index in [1.54, 1.807) is 6.20 Å². The summed E-state index contributed by atoms with van der Waals surface area (Å²) in [5.41, 5.74) is 2.50. The Hall–Kier alpha value is -1.86. The maximum atomic E-state index is 9.14. The van der Waals surface area contributed by atoms with Crippen molar-refractivity contribution in [1.82, 2.24) is 9.97 Å². The van der Waals surface area contributed by atoms with Crippen LogP contribution in [0.2, 0.25) is 0 Å². The molecule has 2 heterocycles. The molecule has 2 aromatic heterocycles. The molecule has 4 heteroatoms. The zero-order valence-corrected chi connectivity index (χ0v) is 10.5. The molecule has 0 bridgehead atoms. The Bertz CT molecular complexity index is 573. The molecule has 0 radical (unpaired) electrons. The van der Waals surface area contributed by atoms with Gasteiger partial charge in [-0.25, -0.2) is 9.97 Å². The van der Waals surface area contributed by atoms with E-state index in [0.717, 1.165) is 21.3 Å². The van der Waals surface area contributed by atoms with Gasteiger partial charge in [0.25, 0.3) is 0 Å². The highest BCUT2D eigenvalue weighted by Crippen LogP contribution is 2.28. The summed E-state index contributed by atoms with van der Waals surface area (Å²) in [6.07, 6.45) is 1.73. The van der Waals surface area contributed by atoms with Crippen LogP contribution < -0.4 is 0 Å². The molecule has 0 N–H and O–H groups in total. The summed E-state index contributed by atoms with van der Waals surface area (Å²) in [4.78, 5) is 8.62. The van der Waals surface area contributed by atoms with E-state index in [1.165, 1.54) is 11.8 Å². The quantitative estimate of drug-likeness (QED) is 0.810. The third-order valence-electron chi connectivity index (χ3n) is 2.26. The molecule has 0 spiro atoms. The molecule has 0 aromatic carbocycles. The third kappa shape index (κ3) is 2.63. The summed E-state index contributed by atoms with van der Waals surface area (Å²) in [6, 6.07) is 9.81. The number of hydrogen-bond donors (Lipinski definition) is 0. The van der Waals surface area contributed by atoms with Crippen molar-refractivity contribution >= 4 is 11.8 Å². The maximum absolute atomic E-state index is 9.14. The van der Waals surface area contributed by atoms with Gasteiger partial charge in [-0.2, -0.15) is 5.26 Å². The number of pyridine rings is 2. The molecule has 0 unspecified atom stereocenters. The van der Waals surface area contributed by atoms with Gasteiger partial charge >= 0.3 is 0 Å². The molecular formula is C13H11N3S. The van der Waals surface area contributed by atoms with Crippen LogP contribution in [0, 0.1) is 25.2 Å². The lowest BCUT2D eigenvalue weighted by molar-refractivity contribution is 1.02. The zero-order chi connectivity index (χ0) is 12.3. The number of rotatable bonds is 2. The summed E-state index contributed by atoms with van der Waals surface area (Å²) >= 11 is 1.42. The topological polar surface area (TPSA) is 49.6 Å². The molecule has 2 aromatic rings. The molecule has 84 valence electrons. The first kappa shape index (κ1) is 11.6. The lowest BCUT2D eigenvalue weighted by Crippen LogP contribution is -1.94. The SMILES string of the molecule is Cc1cc(C)c(C#N)c(Sc2ccccn2)n1. The zero-order valence-electron chi connectivity index (χ0n) is 9.64. The van der Waals surface area contributed by atoms with Crippen LogP contribution in [-0.2, 0) is 0 Å². The summed E-state index contributed by atoms with van der Waals surface area (Å²) in [6.45, 7) is 3.85. The number of nitriles is 1. The van der Waals surface area contributed by atoms with Crippen LogP contribution >= 0.6 is 11.8 Å². The van der Waals surface area contributed by atoms with Gasteiger partial charge in [-0.15, -0.1) is 0 Å². The maximum Gasteiger partial charge on any atom is 0.121 e. The van der Waals surface area contributed by atoms with E-state index in [4.69, 9.17) is 5.26 Å². The van der Waals surface area contributed by atoms with Gasteiger partial charge in [-0.05, 0) is 49.4 Å². The normalized spacial score (nSPS) is 9.94. The summed E-state index contributed by atoms with van der Waals surface area (Å²) < 4.78 is 0. The van der Waals surface area contributed by atoms with Crippen LogP contribution in [0.25, 0.3) is 0 Å². The minimum atomic E-state index is 0.631. The number of aromatic nitrogens is 2. The fourth-order valence-electron chi connectivity index (χ4n) is 1.52. The predicted octanol–water partition coefficient (Wildman–Crippen LogP) is 3.12. The molecule has 0 aliphatic heterocycles.